The van der Waals surface area contributed by atoms with Crippen molar-refractivity contribution in [3.8, 4) is 0 Å². The van der Waals surface area contributed by atoms with Crippen molar-refractivity contribution in [2.24, 2.45) is 0 Å². The lowest BCUT2D eigenvalue weighted by atomic mass is 10.3. The van der Waals surface area contributed by atoms with Gasteiger partial charge in [0.25, 0.3) is 0 Å². The molecule has 0 saturated heterocycles. The highest BCUT2D eigenvalue weighted by Crippen LogP contribution is 1.98. The number of hydrogen-bond donors (Lipinski definition) is 1. The Morgan fingerprint density at radius 3 is 2.77 bits per heavy atom. The van der Waals surface area contributed by atoms with Crippen LogP contribution in [-0.2, 0) is 9.53 Å². The van der Waals surface area contributed by atoms with Crippen molar-refractivity contribution >= 4 is 17.7 Å². The van der Waals surface area contributed by atoms with Crippen molar-refractivity contribution in [1.82, 2.24) is 5.32 Å². The van der Waals surface area contributed by atoms with Crippen LogP contribution in [-0.4, -0.2) is 37.7 Å². The predicted octanol–water partition coefficient (Wildman–Crippen LogP) is 1.28. The first-order valence-electron chi connectivity index (χ1n) is 4.51. The summed E-state index contributed by atoms with van der Waals surface area (Å²) in [6.07, 6.45) is 3.96. The van der Waals surface area contributed by atoms with Crippen molar-refractivity contribution in [2.75, 3.05) is 25.7 Å². The summed E-state index contributed by atoms with van der Waals surface area (Å²) in [7, 11) is 1.54. The van der Waals surface area contributed by atoms with E-state index in [0.717, 1.165) is 25.1 Å². The molecule has 0 aliphatic heterocycles. The molecule has 1 atom stereocenters. The lowest BCUT2D eigenvalue weighted by molar-refractivity contribution is -0.130. The van der Waals surface area contributed by atoms with E-state index in [0.29, 0.717) is 0 Å². The van der Waals surface area contributed by atoms with E-state index in [9.17, 15) is 4.79 Å². The molecule has 0 saturated carbocycles. The van der Waals surface area contributed by atoms with Crippen LogP contribution in [0.2, 0.25) is 0 Å². The summed E-state index contributed by atoms with van der Waals surface area (Å²) in [6, 6.07) is 0. The molecule has 1 N–H and O–H groups in total. The van der Waals surface area contributed by atoms with E-state index in [2.05, 4.69) is 11.6 Å². The van der Waals surface area contributed by atoms with Gasteiger partial charge in [0, 0.05) is 13.7 Å². The second-order valence-electron chi connectivity index (χ2n) is 2.87. The maximum Gasteiger partial charge on any atom is 0.248 e. The van der Waals surface area contributed by atoms with Crippen LogP contribution in [0.1, 0.15) is 19.8 Å². The molecule has 0 spiro atoms. The summed E-state index contributed by atoms with van der Waals surface area (Å²) < 4.78 is 4.87. The number of ether oxygens (including phenoxy) is 1. The quantitative estimate of drug-likeness (QED) is 0.636. The minimum Gasteiger partial charge on any atom is -0.372 e. The van der Waals surface area contributed by atoms with Crippen molar-refractivity contribution in [3.63, 3.8) is 0 Å². The van der Waals surface area contributed by atoms with Crippen LogP contribution in [0.25, 0.3) is 0 Å². The number of carbonyl (C=O) groups excluding carboxylic acids is 1. The summed E-state index contributed by atoms with van der Waals surface area (Å²) in [6.45, 7) is 2.50. The van der Waals surface area contributed by atoms with Gasteiger partial charge in [-0.1, -0.05) is 0 Å². The van der Waals surface area contributed by atoms with E-state index >= 15 is 0 Å². The SMILES string of the molecule is COC(C)C(=O)NCCCCSC. The molecule has 0 bridgehead atoms. The number of thioether (sulfide) groups is 1. The molecule has 0 aliphatic rings. The molecule has 4 heteroatoms. The number of rotatable bonds is 7. The maximum absolute atomic E-state index is 11.2. The molecular formula is C9H19NO2S. The van der Waals surface area contributed by atoms with Crippen molar-refractivity contribution in [3.05, 3.63) is 0 Å². The minimum atomic E-state index is -0.333. The van der Waals surface area contributed by atoms with Gasteiger partial charge in [0.1, 0.15) is 6.10 Å². The van der Waals surface area contributed by atoms with Crippen molar-refractivity contribution < 1.29 is 9.53 Å². The number of methoxy groups -OCH3 is 1. The number of unbranched alkanes of at least 4 members (excludes halogenated alkanes) is 1. The van der Waals surface area contributed by atoms with Gasteiger partial charge < -0.3 is 10.1 Å². The molecular weight excluding hydrogens is 186 g/mol. The molecule has 1 unspecified atom stereocenters. The summed E-state index contributed by atoms with van der Waals surface area (Å²) in [5.74, 6) is 1.14. The van der Waals surface area contributed by atoms with Gasteiger partial charge in [0.05, 0.1) is 0 Å². The number of nitrogens with one attached hydrogen (secondary N) is 1. The van der Waals surface area contributed by atoms with Crippen LogP contribution < -0.4 is 5.32 Å². The molecule has 13 heavy (non-hydrogen) atoms. The van der Waals surface area contributed by atoms with Crippen molar-refractivity contribution in [2.45, 2.75) is 25.9 Å². The van der Waals surface area contributed by atoms with Gasteiger partial charge in [-0.15, -0.1) is 0 Å². The normalized spacial score (nSPS) is 12.5. The lowest BCUT2D eigenvalue weighted by Gasteiger charge is -2.09. The van der Waals surface area contributed by atoms with E-state index in [1.165, 1.54) is 7.11 Å². The summed E-state index contributed by atoms with van der Waals surface area (Å²) >= 11 is 1.83. The van der Waals surface area contributed by atoms with Crippen LogP contribution >= 0.6 is 11.8 Å². The van der Waals surface area contributed by atoms with Gasteiger partial charge in [-0.2, -0.15) is 11.8 Å². The van der Waals surface area contributed by atoms with E-state index in [1.807, 2.05) is 11.8 Å². The van der Waals surface area contributed by atoms with Crippen LogP contribution in [0, 0.1) is 0 Å². The fourth-order valence-electron chi connectivity index (χ4n) is 0.834. The van der Waals surface area contributed by atoms with E-state index in [1.54, 1.807) is 6.92 Å². The molecule has 0 radical (unpaired) electrons. The molecule has 0 rings (SSSR count). The van der Waals surface area contributed by atoms with Gasteiger partial charge in [-0.25, -0.2) is 0 Å². The molecule has 3 nitrogen and oxygen atoms in total. The summed E-state index contributed by atoms with van der Waals surface area (Å²) in [4.78, 5) is 11.2. The molecule has 0 aromatic carbocycles. The zero-order chi connectivity index (χ0) is 10.1. The second kappa shape index (κ2) is 8.38. The van der Waals surface area contributed by atoms with Gasteiger partial charge in [-0.05, 0) is 31.8 Å². The smallest absolute Gasteiger partial charge is 0.248 e. The number of carbonyl (C=O) groups is 1. The second-order valence-corrected chi connectivity index (χ2v) is 3.85. The minimum absolute atomic E-state index is 0.0216. The highest BCUT2D eigenvalue weighted by molar-refractivity contribution is 7.98. The van der Waals surface area contributed by atoms with Crippen molar-refractivity contribution in [1.29, 1.82) is 0 Å². The zero-order valence-corrected chi connectivity index (χ0v) is 9.45. The molecule has 1 amide bonds. The first-order valence-corrected chi connectivity index (χ1v) is 5.91. The van der Waals surface area contributed by atoms with Crippen LogP contribution in [0.15, 0.2) is 0 Å². The average molecular weight is 205 g/mol. The Morgan fingerprint density at radius 2 is 2.23 bits per heavy atom. The largest absolute Gasteiger partial charge is 0.372 e. The monoisotopic (exact) mass is 205 g/mol. The standard InChI is InChI=1S/C9H19NO2S/c1-8(12-2)9(11)10-6-4-5-7-13-3/h8H,4-7H2,1-3H3,(H,10,11). The zero-order valence-electron chi connectivity index (χ0n) is 8.63. The van der Waals surface area contributed by atoms with Gasteiger partial charge in [0.15, 0.2) is 0 Å². The van der Waals surface area contributed by atoms with E-state index in [4.69, 9.17) is 4.74 Å². The van der Waals surface area contributed by atoms with Gasteiger partial charge in [-0.3, -0.25) is 4.79 Å². The highest BCUT2D eigenvalue weighted by Gasteiger charge is 2.09. The Balaban J connectivity index is 3.27. The van der Waals surface area contributed by atoms with E-state index in [-0.39, 0.29) is 12.0 Å². The van der Waals surface area contributed by atoms with Crippen LogP contribution in [0.5, 0.6) is 0 Å². The Morgan fingerprint density at radius 1 is 1.54 bits per heavy atom. The summed E-state index contributed by atoms with van der Waals surface area (Å²) in [5, 5.41) is 2.82. The molecule has 78 valence electrons. The third-order valence-corrected chi connectivity index (χ3v) is 2.49. The third-order valence-electron chi connectivity index (χ3n) is 1.80. The topological polar surface area (TPSA) is 38.3 Å². The fourth-order valence-corrected chi connectivity index (χ4v) is 1.33. The Hall–Kier alpha value is -0.220. The summed E-state index contributed by atoms with van der Waals surface area (Å²) in [5.41, 5.74) is 0. The Labute approximate surface area is 84.6 Å². The molecule has 0 aromatic rings. The first kappa shape index (κ1) is 12.8. The van der Waals surface area contributed by atoms with Gasteiger partial charge >= 0.3 is 0 Å². The van der Waals surface area contributed by atoms with Crippen LogP contribution in [0.4, 0.5) is 0 Å². The van der Waals surface area contributed by atoms with E-state index < -0.39 is 0 Å². The molecule has 0 aliphatic carbocycles. The molecule has 0 heterocycles. The third kappa shape index (κ3) is 6.90. The average Bonchev–Trinajstić information content (AvgIpc) is 2.16. The number of amides is 1. The van der Waals surface area contributed by atoms with Gasteiger partial charge in [0.2, 0.25) is 5.91 Å². The lowest BCUT2D eigenvalue weighted by Crippen LogP contribution is -2.34. The number of hydrogen-bond acceptors (Lipinski definition) is 3. The van der Waals surface area contributed by atoms with Crippen LogP contribution in [0.3, 0.4) is 0 Å². The highest BCUT2D eigenvalue weighted by atomic mass is 32.2. The first-order chi connectivity index (χ1) is 6.22. The maximum atomic E-state index is 11.2. The predicted molar refractivity (Wildman–Crippen MR) is 57.1 cm³/mol. The fraction of sp³-hybridized carbons (Fsp3) is 0.889. The molecule has 0 aromatic heterocycles. The molecule has 0 fully saturated rings. The Kier molecular flexibility index (Phi) is 8.24. The Bertz CT molecular complexity index is 142.